The number of carbonyl (C=O) groups excluding carboxylic acids is 1. The summed E-state index contributed by atoms with van der Waals surface area (Å²) >= 11 is 0. The fourth-order valence-corrected chi connectivity index (χ4v) is 2.98. The fourth-order valence-electron chi connectivity index (χ4n) is 2.98. The summed E-state index contributed by atoms with van der Waals surface area (Å²) in [5, 5.41) is 9.05. The van der Waals surface area contributed by atoms with Gasteiger partial charge >= 0.3 is 5.97 Å². The summed E-state index contributed by atoms with van der Waals surface area (Å²) in [6, 6.07) is 6.75. The number of hydrogen-bond acceptors (Lipinski definition) is 2. The number of halogens is 1. The Morgan fingerprint density at radius 3 is 2.64 bits per heavy atom. The lowest BCUT2D eigenvalue weighted by Crippen LogP contribution is -2.39. The second kappa shape index (κ2) is 5.71. The van der Waals surface area contributed by atoms with Gasteiger partial charge in [0, 0.05) is 18.5 Å². The Bertz CT molecular complexity index is 599. The van der Waals surface area contributed by atoms with Crippen LogP contribution in [-0.2, 0) is 9.59 Å². The molecule has 1 aromatic carbocycles. The van der Waals surface area contributed by atoms with Gasteiger partial charge in [0.2, 0.25) is 5.91 Å². The van der Waals surface area contributed by atoms with Crippen molar-refractivity contribution in [1.82, 2.24) is 4.90 Å². The third-order valence-electron chi connectivity index (χ3n) is 4.58. The first-order valence-electron chi connectivity index (χ1n) is 7.76. The Kier molecular flexibility index (Phi) is 3.89. The molecule has 0 spiro atoms. The Morgan fingerprint density at radius 1 is 1.36 bits per heavy atom. The van der Waals surface area contributed by atoms with E-state index in [1.54, 1.807) is 30.0 Å². The van der Waals surface area contributed by atoms with Gasteiger partial charge in [-0.2, -0.15) is 0 Å². The van der Waals surface area contributed by atoms with Gasteiger partial charge in [-0.25, -0.2) is 4.39 Å². The first kappa shape index (κ1) is 15.0. The van der Waals surface area contributed by atoms with Crippen LogP contribution in [0.25, 0.3) is 0 Å². The van der Waals surface area contributed by atoms with Crippen LogP contribution in [0, 0.1) is 17.7 Å². The Balaban J connectivity index is 1.68. The zero-order valence-electron chi connectivity index (χ0n) is 12.5. The van der Waals surface area contributed by atoms with Gasteiger partial charge in [0.25, 0.3) is 0 Å². The van der Waals surface area contributed by atoms with Crippen LogP contribution >= 0.6 is 0 Å². The molecule has 22 heavy (non-hydrogen) atoms. The van der Waals surface area contributed by atoms with E-state index >= 15 is 0 Å². The summed E-state index contributed by atoms with van der Waals surface area (Å²) in [5.41, 5.74) is 0.600. The van der Waals surface area contributed by atoms with Crippen molar-refractivity contribution < 1.29 is 19.1 Å². The average molecular weight is 305 g/mol. The summed E-state index contributed by atoms with van der Waals surface area (Å²) in [4.78, 5) is 25.4. The maximum atomic E-state index is 13.8. The third-order valence-corrected chi connectivity index (χ3v) is 4.58. The van der Waals surface area contributed by atoms with Gasteiger partial charge in [-0.05, 0) is 36.8 Å². The first-order valence-corrected chi connectivity index (χ1v) is 7.76. The van der Waals surface area contributed by atoms with Crippen LogP contribution in [0.5, 0.6) is 0 Å². The molecule has 5 heteroatoms. The van der Waals surface area contributed by atoms with Crippen LogP contribution in [0.1, 0.15) is 37.7 Å². The summed E-state index contributed by atoms with van der Waals surface area (Å²) in [7, 11) is 0. The zero-order valence-corrected chi connectivity index (χ0v) is 12.5. The molecule has 0 heterocycles. The molecule has 2 saturated carbocycles. The predicted molar refractivity (Wildman–Crippen MR) is 78.8 cm³/mol. The molecular weight excluding hydrogens is 285 g/mol. The number of amides is 1. The van der Waals surface area contributed by atoms with Crippen LogP contribution in [0.3, 0.4) is 0 Å². The zero-order chi connectivity index (χ0) is 15.9. The lowest BCUT2D eigenvalue weighted by molar-refractivity contribution is -0.143. The highest BCUT2D eigenvalue weighted by atomic mass is 19.1. The minimum Gasteiger partial charge on any atom is -0.481 e. The number of carboxylic acids is 1. The van der Waals surface area contributed by atoms with Gasteiger partial charge in [0.1, 0.15) is 5.82 Å². The van der Waals surface area contributed by atoms with Gasteiger partial charge in [-0.15, -0.1) is 0 Å². The SMILES string of the molecule is C[C@H](CN(C(=O)[C@H]1C[C@H]1c1ccccc1F)C1CC1)C(=O)O. The third kappa shape index (κ3) is 2.98. The fraction of sp³-hybridized carbons (Fsp3) is 0.529. The van der Waals surface area contributed by atoms with E-state index in [2.05, 4.69) is 0 Å². The predicted octanol–water partition coefficient (Wildman–Crippen LogP) is 2.64. The largest absolute Gasteiger partial charge is 0.481 e. The number of hydrogen-bond donors (Lipinski definition) is 1. The van der Waals surface area contributed by atoms with Crippen molar-refractivity contribution in [1.29, 1.82) is 0 Å². The first-order chi connectivity index (χ1) is 10.5. The molecule has 118 valence electrons. The molecule has 2 fully saturated rings. The smallest absolute Gasteiger partial charge is 0.308 e. The second-order valence-corrected chi connectivity index (χ2v) is 6.43. The molecule has 0 saturated heterocycles. The van der Waals surface area contributed by atoms with E-state index in [0.29, 0.717) is 12.0 Å². The number of benzene rings is 1. The maximum absolute atomic E-state index is 13.8. The molecular formula is C17H20FNO3. The Morgan fingerprint density at radius 2 is 2.05 bits per heavy atom. The second-order valence-electron chi connectivity index (χ2n) is 6.43. The molecule has 1 N–H and O–H groups in total. The topological polar surface area (TPSA) is 57.6 Å². The molecule has 2 aliphatic rings. The van der Waals surface area contributed by atoms with Crippen LogP contribution in [0.15, 0.2) is 24.3 Å². The van der Waals surface area contributed by atoms with Crippen LogP contribution in [0.4, 0.5) is 4.39 Å². The minimum absolute atomic E-state index is 0.0103. The normalized spacial score (nSPS) is 24.6. The van der Waals surface area contributed by atoms with E-state index in [4.69, 9.17) is 5.11 Å². The average Bonchev–Trinajstić information content (AvgIpc) is 3.37. The molecule has 4 nitrogen and oxygen atoms in total. The van der Waals surface area contributed by atoms with Crippen molar-refractivity contribution in [2.24, 2.45) is 11.8 Å². The summed E-state index contributed by atoms with van der Waals surface area (Å²) in [6.07, 6.45) is 2.54. The lowest BCUT2D eigenvalue weighted by atomic mass is 10.1. The highest BCUT2D eigenvalue weighted by Crippen LogP contribution is 2.50. The molecule has 0 aliphatic heterocycles. The minimum atomic E-state index is -0.889. The molecule has 3 atom stereocenters. The van der Waals surface area contributed by atoms with E-state index in [9.17, 15) is 14.0 Å². The monoisotopic (exact) mass is 305 g/mol. The van der Waals surface area contributed by atoms with Crippen molar-refractivity contribution in [2.75, 3.05) is 6.54 Å². The van der Waals surface area contributed by atoms with Gasteiger partial charge in [-0.1, -0.05) is 25.1 Å². The summed E-state index contributed by atoms with van der Waals surface area (Å²) < 4.78 is 13.8. The molecule has 3 rings (SSSR count). The standard InChI is InChI=1S/C17H20FNO3/c1-10(17(21)22)9-19(11-6-7-11)16(20)14-8-13(14)12-4-2-3-5-15(12)18/h2-5,10-11,13-14H,6-9H2,1H3,(H,21,22)/t10-,13+,14+/m1/s1. The lowest BCUT2D eigenvalue weighted by Gasteiger charge is -2.24. The summed E-state index contributed by atoms with van der Waals surface area (Å²) in [5.74, 6) is -1.99. The number of carboxylic acid groups (broad SMARTS) is 1. The van der Waals surface area contributed by atoms with Crippen LogP contribution in [0.2, 0.25) is 0 Å². The van der Waals surface area contributed by atoms with E-state index in [0.717, 1.165) is 12.8 Å². The van der Waals surface area contributed by atoms with Crippen molar-refractivity contribution in [3.63, 3.8) is 0 Å². The van der Waals surface area contributed by atoms with Crippen LogP contribution in [-0.4, -0.2) is 34.5 Å². The molecule has 2 aliphatic carbocycles. The van der Waals surface area contributed by atoms with Crippen molar-refractivity contribution in [3.05, 3.63) is 35.6 Å². The molecule has 1 aromatic rings. The van der Waals surface area contributed by atoms with Crippen molar-refractivity contribution in [2.45, 2.75) is 38.1 Å². The number of rotatable bonds is 6. The van der Waals surface area contributed by atoms with Gasteiger partial charge in [-0.3, -0.25) is 9.59 Å². The van der Waals surface area contributed by atoms with E-state index < -0.39 is 11.9 Å². The van der Waals surface area contributed by atoms with E-state index in [1.807, 2.05) is 0 Å². The highest BCUT2D eigenvalue weighted by Gasteiger charge is 2.49. The summed E-state index contributed by atoms with van der Waals surface area (Å²) in [6.45, 7) is 1.87. The Hall–Kier alpha value is -1.91. The van der Waals surface area contributed by atoms with Crippen LogP contribution < -0.4 is 0 Å². The Labute approximate surface area is 128 Å². The molecule has 0 radical (unpaired) electrons. The van der Waals surface area contributed by atoms with Crippen molar-refractivity contribution >= 4 is 11.9 Å². The highest BCUT2D eigenvalue weighted by molar-refractivity contribution is 5.84. The number of aliphatic carboxylic acids is 1. The number of carbonyl (C=O) groups is 2. The van der Waals surface area contributed by atoms with Gasteiger partial charge in [0.05, 0.1) is 5.92 Å². The van der Waals surface area contributed by atoms with Gasteiger partial charge < -0.3 is 10.0 Å². The maximum Gasteiger partial charge on any atom is 0.308 e. The quantitative estimate of drug-likeness (QED) is 0.879. The molecule has 0 unspecified atom stereocenters. The number of nitrogens with zero attached hydrogens (tertiary/aromatic N) is 1. The molecule has 0 aromatic heterocycles. The van der Waals surface area contributed by atoms with E-state index in [1.165, 1.54) is 6.07 Å². The molecule has 1 amide bonds. The van der Waals surface area contributed by atoms with E-state index in [-0.39, 0.29) is 36.1 Å². The molecule has 0 bridgehead atoms. The van der Waals surface area contributed by atoms with Gasteiger partial charge in [0.15, 0.2) is 0 Å². The van der Waals surface area contributed by atoms with Crippen molar-refractivity contribution in [3.8, 4) is 0 Å².